The van der Waals surface area contributed by atoms with Crippen LogP contribution in [0.15, 0.2) is 53.0 Å². The number of hydrogen-bond donors (Lipinski definition) is 2. The number of aromatic amines is 1. The summed E-state index contributed by atoms with van der Waals surface area (Å²) in [4.78, 5) is 8.69. The van der Waals surface area contributed by atoms with Crippen LogP contribution in [0.4, 0.5) is 0 Å². The van der Waals surface area contributed by atoms with Crippen molar-refractivity contribution in [1.82, 2.24) is 9.97 Å². The van der Waals surface area contributed by atoms with Gasteiger partial charge in [-0.3, -0.25) is 4.98 Å². The van der Waals surface area contributed by atoms with Gasteiger partial charge in [-0.25, -0.2) is 0 Å². The molecular weight excluding hydrogens is 412 g/mol. The van der Waals surface area contributed by atoms with E-state index in [9.17, 15) is 5.11 Å². The van der Waals surface area contributed by atoms with Crippen LogP contribution in [-0.2, 0) is 12.8 Å². The van der Waals surface area contributed by atoms with Gasteiger partial charge in [-0.15, -0.1) is 0 Å². The minimum Gasteiger partial charge on any atom is -0.388 e. The molecule has 0 bridgehead atoms. The predicted octanol–water partition coefficient (Wildman–Crippen LogP) is 6.08. The number of aliphatic hydroxyl groups excluding tert-OH is 1. The Morgan fingerprint density at radius 3 is 2.82 bits per heavy atom. The molecule has 142 valence electrons. The molecule has 1 aliphatic rings. The van der Waals surface area contributed by atoms with Crippen LogP contribution in [0.2, 0.25) is 0 Å². The molecule has 2 heterocycles. The number of aromatic nitrogens is 2. The molecule has 0 fully saturated rings. The van der Waals surface area contributed by atoms with Gasteiger partial charge in [-0.1, -0.05) is 60.1 Å². The number of nitrogens with zero attached hydrogens (tertiary/aromatic N) is 1. The largest absolute Gasteiger partial charge is 0.388 e. The molecule has 5 rings (SSSR count). The standard InChI is InChI=1S/C24H23BrN2O/c1-24(2)12-19-22(20(28)13-24)21-16-8-3-4-9-17(16)27-23(21)18(26-19)11-14-6-5-7-15(25)10-14/h3-10,20,27-28H,11-13H2,1-2H3. The lowest BCUT2D eigenvalue weighted by Gasteiger charge is -2.34. The third kappa shape index (κ3) is 2.96. The maximum atomic E-state index is 11.0. The van der Waals surface area contributed by atoms with Gasteiger partial charge >= 0.3 is 0 Å². The SMILES string of the molecule is CC1(C)Cc2nc(Cc3cccc(Br)c3)c3[nH]c4ccccc4c3c2C(O)C1. The minimum absolute atomic E-state index is 0.0479. The Labute approximate surface area is 172 Å². The highest BCUT2D eigenvalue weighted by Gasteiger charge is 2.35. The summed E-state index contributed by atoms with van der Waals surface area (Å²) in [6.07, 6.45) is 1.93. The lowest BCUT2D eigenvalue weighted by Crippen LogP contribution is -2.27. The van der Waals surface area contributed by atoms with Crippen molar-refractivity contribution < 1.29 is 5.11 Å². The van der Waals surface area contributed by atoms with E-state index >= 15 is 0 Å². The van der Waals surface area contributed by atoms with E-state index in [1.54, 1.807) is 0 Å². The van der Waals surface area contributed by atoms with E-state index in [1.165, 1.54) is 10.9 Å². The van der Waals surface area contributed by atoms with Crippen molar-refractivity contribution in [2.45, 2.75) is 39.2 Å². The van der Waals surface area contributed by atoms with Gasteiger partial charge < -0.3 is 10.1 Å². The van der Waals surface area contributed by atoms with Gasteiger partial charge in [0.25, 0.3) is 0 Å². The topological polar surface area (TPSA) is 48.9 Å². The van der Waals surface area contributed by atoms with E-state index in [-0.39, 0.29) is 5.41 Å². The average Bonchev–Trinajstić information content (AvgIpc) is 3.00. The van der Waals surface area contributed by atoms with E-state index in [1.807, 2.05) is 12.1 Å². The van der Waals surface area contributed by atoms with E-state index in [2.05, 4.69) is 71.2 Å². The zero-order chi connectivity index (χ0) is 19.5. The zero-order valence-electron chi connectivity index (χ0n) is 16.1. The first-order chi connectivity index (χ1) is 13.4. The highest BCUT2D eigenvalue weighted by Crippen LogP contribution is 2.45. The molecule has 4 heteroatoms. The first-order valence-corrected chi connectivity index (χ1v) is 10.6. The monoisotopic (exact) mass is 434 g/mol. The number of benzene rings is 2. The average molecular weight is 435 g/mol. The number of nitrogens with one attached hydrogen (secondary N) is 1. The van der Waals surface area contributed by atoms with Gasteiger partial charge in [0.05, 0.1) is 17.3 Å². The fraction of sp³-hybridized carbons (Fsp3) is 0.292. The van der Waals surface area contributed by atoms with Gasteiger partial charge in [0.2, 0.25) is 0 Å². The molecule has 0 aliphatic heterocycles. The first kappa shape index (κ1) is 17.9. The fourth-order valence-electron chi connectivity index (χ4n) is 4.67. The second-order valence-electron chi connectivity index (χ2n) is 8.71. The van der Waals surface area contributed by atoms with Crippen molar-refractivity contribution >= 4 is 37.7 Å². The highest BCUT2D eigenvalue weighted by atomic mass is 79.9. The number of pyridine rings is 1. The van der Waals surface area contributed by atoms with Crippen molar-refractivity contribution in [2.24, 2.45) is 5.41 Å². The molecule has 2 aromatic heterocycles. The second-order valence-corrected chi connectivity index (χ2v) is 9.62. The number of para-hydroxylation sites is 1. The Kier molecular flexibility index (Phi) is 4.11. The summed E-state index contributed by atoms with van der Waals surface area (Å²) in [5, 5.41) is 13.3. The van der Waals surface area contributed by atoms with Crippen LogP contribution in [0.5, 0.6) is 0 Å². The molecule has 1 atom stereocenters. The maximum absolute atomic E-state index is 11.0. The van der Waals surface area contributed by atoms with Crippen LogP contribution in [0, 0.1) is 5.41 Å². The molecule has 1 aliphatic carbocycles. The number of fused-ring (bicyclic) bond motifs is 5. The highest BCUT2D eigenvalue weighted by molar-refractivity contribution is 9.10. The summed E-state index contributed by atoms with van der Waals surface area (Å²) >= 11 is 3.57. The molecule has 0 saturated carbocycles. The van der Waals surface area contributed by atoms with Gasteiger partial charge in [0, 0.05) is 38.4 Å². The van der Waals surface area contributed by atoms with E-state index < -0.39 is 6.10 Å². The Hall–Kier alpha value is -2.17. The molecule has 0 amide bonds. The molecule has 1 unspecified atom stereocenters. The van der Waals surface area contributed by atoms with Crippen molar-refractivity contribution in [3.63, 3.8) is 0 Å². The fourth-order valence-corrected chi connectivity index (χ4v) is 5.12. The number of rotatable bonds is 2. The van der Waals surface area contributed by atoms with Gasteiger partial charge in [-0.2, -0.15) is 0 Å². The normalized spacial score (nSPS) is 18.5. The first-order valence-electron chi connectivity index (χ1n) is 9.76. The van der Waals surface area contributed by atoms with Crippen molar-refractivity contribution in [3.8, 4) is 0 Å². The van der Waals surface area contributed by atoms with Crippen molar-refractivity contribution in [3.05, 3.63) is 75.5 Å². The van der Waals surface area contributed by atoms with Crippen LogP contribution < -0.4 is 0 Å². The molecular formula is C24H23BrN2O. The van der Waals surface area contributed by atoms with Crippen LogP contribution in [0.25, 0.3) is 21.8 Å². The Bertz CT molecular complexity index is 1210. The van der Waals surface area contributed by atoms with Gasteiger partial charge in [0.1, 0.15) is 0 Å². The number of aliphatic hydroxyl groups is 1. The number of halogens is 1. The zero-order valence-corrected chi connectivity index (χ0v) is 17.7. The summed E-state index contributed by atoms with van der Waals surface area (Å²) in [5.74, 6) is 0. The minimum atomic E-state index is -0.479. The van der Waals surface area contributed by atoms with Crippen LogP contribution in [-0.4, -0.2) is 15.1 Å². The molecule has 0 radical (unpaired) electrons. The second kappa shape index (κ2) is 6.43. The predicted molar refractivity (Wildman–Crippen MR) is 118 cm³/mol. The van der Waals surface area contributed by atoms with Crippen LogP contribution in [0.3, 0.4) is 0 Å². The number of hydrogen-bond acceptors (Lipinski definition) is 2. The summed E-state index contributed by atoms with van der Waals surface area (Å²) in [5.41, 5.74) is 6.53. The molecule has 28 heavy (non-hydrogen) atoms. The molecule has 0 spiro atoms. The lowest BCUT2D eigenvalue weighted by atomic mass is 9.74. The Morgan fingerprint density at radius 2 is 2.00 bits per heavy atom. The van der Waals surface area contributed by atoms with Crippen molar-refractivity contribution in [2.75, 3.05) is 0 Å². The van der Waals surface area contributed by atoms with Crippen molar-refractivity contribution in [1.29, 1.82) is 0 Å². The van der Waals surface area contributed by atoms with E-state index in [0.717, 1.165) is 57.1 Å². The van der Waals surface area contributed by atoms with Gasteiger partial charge in [-0.05, 0) is 42.0 Å². The summed E-state index contributed by atoms with van der Waals surface area (Å²) in [7, 11) is 0. The Balaban J connectivity index is 1.80. The number of H-pyrrole nitrogens is 1. The molecule has 3 nitrogen and oxygen atoms in total. The van der Waals surface area contributed by atoms with Crippen LogP contribution in [0.1, 0.15) is 48.9 Å². The van der Waals surface area contributed by atoms with E-state index in [0.29, 0.717) is 0 Å². The quantitative estimate of drug-likeness (QED) is 0.401. The summed E-state index contributed by atoms with van der Waals surface area (Å²) in [6.45, 7) is 4.43. The lowest BCUT2D eigenvalue weighted by molar-refractivity contribution is 0.0997. The smallest absolute Gasteiger partial charge is 0.0819 e. The molecule has 4 aromatic rings. The maximum Gasteiger partial charge on any atom is 0.0819 e. The van der Waals surface area contributed by atoms with E-state index in [4.69, 9.17) is 4.98 Å². The van der Waals surface area contributed by atoms with Crippen LogP contribution >= 0.6 is 15.9 Å². The van der Waals surface area contributed by atoms with Gasteiger partial charge in [0.15, 0.2) is 0 Å². The third-order valence-corrected chi connectivity index (χ3v) is 6.32. The third-order valence-electron chi connectivity index (χ3n) is 5.83. The summed E-state index contributed by atoms with van der Waals surface area (Å²) in [6, 6.07) is 16.7. The summed E-state index contributed by atoms with van der Waals surface area (Å²) < 4.78 is 1.08. The molecule has 0 saturated heterocycles. The molecule has 2 aromatic carbocycles. The molecule has 2 N–H and O–H groups in total. The Morgan fingerprint density at radius 1 is 1.18 bits per heavy atom.